The van der Waals surface area contributed by atoms with Crippen molar-refractivity contribution >= 4 is 17.3 Å². The Labute approximate surface area is 129 Å². The third-order valence-corrected chi connectivity index (χ3v) is 4.30. The molecule has 7 nitrogen and oxygen atoms in total. The van der Waals surface area contributed by atoms with Crippen LogP contribution >= 0.6 is 0 Å². The molecule has 1 fully saturated rings. The first kappa shape index (κ1) is 16.2. The van der Waals surface area contributed by atoms with Crippen molar-refractivity contribution < 1.29 is 9.72 Å². The first-order valence-corrected chi connectivity index (χ1v) is 7.40. The van der Waals surface area contributed by atoms with Crippen LogP contribution in [0.4, 0.5) is 11.4 Å². The van der Waals surface area contributed by atoms with Crippen LogP contribution in [0.1, 0.15) is 35.7 Å². The van der Waals surface area contributed by atoms with Crippen molar-refractivity contribution in [2.75, 3.05) is 18.8 Å². The number of nitro benzene ring substituents is 1. The second kappa shape index (κ2) is 6.31. The molecule has 0 spiro atoms. The molecule has 0 aromatic heterocycles. The average Bonchev–Trinajstić information content (AvgIpc) is 2.48. The van der Waals surface area contributed by atoms with Crippen molar-refractivity contribution in [1.82, 2.24) is 4.90 Å². The zero-order valence-corrected chi connectivity index (χ0v) is 12.9. The lowest BCUT2D eigenvalue weighted by Crippen LogP contribution is -2.42. The number of piperidine rings is 1. The van der Waals surface area contributed by atoms with Crippen molar-refractivity contribution in [2.24, 2.45) is 11.7 Å². The molecule has 120 valence electrons. The van der Waals surface area contributed by atoms with E-state index in [0.29, 0.717) is 24.6 Å². The quantitative estimate of drug-likeness (QED) is 0.501. The predicted molar refractivity (Wildman–Crippen MR) is 84.5 cm³/mol. The largest absolute Gasteiger partial charge is 0.393 e. The summed E-state index contributed by atoms with van der Waals surface area (Å²) in [5.74, 6) is 0.167. The summed E-state index contributed by atoms with van der Waals surface area (Å²) in [5.41, 5.74) is 12.3. The highest BCUT2D eigenvalue weighted by atomic mass is 16.6. The molecule has 0 aliphatic carbocycles. The van der Waals surface area contributed by atoms with Gasteiger partial charge in [-0.1, -0.05) is 0 Å². The third-order valence-electron chi connectivity index (χ3n) is 4.30. The lowest BCUT2D eigenvalue weighted by molar-refractivity contribution is -0.384. The van der Waals surface area contributed by atoms with E-state index < -0.39 is 4.92 Å². The minimum Gasteiger partial charge on any atom is -0.393 e. The number of amides is 1. The molecule has 0 saturated carbocycles. The Hall–Kier alpha value is -2.15. The van der Waals surface area contributed by atoms with Crippen LogP contribution in [0, 0.1) is 23.0 Å². The summed E-state index contributed by atoms with van der Waals surface area (Å²) in [6.45, 7) is 4.90. The zero-order valence-electron chi connectivity index (χ0n) is 12.9. The van der Waals surface area contributed by atoms with E-state index in [-0.39, 0.29) is 28.9 Å². The van der Waals surface area contributed by atoms with E-state index in [1.807, 2.05) is 6.92 Å². The summed E-state index contributed by atoms with van der Waals surface area (Å²) >= 11 is 0. The van der Waals surface area contributed by atoms with E-state index in [0.717, 1.165) is 12.8 Å². The minimum atomic E-state index is -0.554. The van der Waals surface area contributed by atoms with Gasteiger partial charge in [-0.2, -0.15) is 0 Å². The molecule has 2 rings (SSSR count). The SMILES string of the molecule is Cc1cc(C(=O)N2CCC(C(C)N)CC2)c(N)c([N+](=O)[O-])c1. The van der Waals surface area contributed by atoms with Crippen molar-refractivity contribution in [3.63, 3.8) is 0 Å². The maximum absolute atomic E-state index is 12.6. The summed E-state index contributed by atoms with van der Waals surface area (Å²) in [6.07, 6.45) is 1.69. The molecule has 22 heavy (non-hydrogen) atoms. The molecule has 1 unspecified atom stereocenters. The van der Waals surface area contributed by atoms with Crippen LogP contribution in [0.2, 0.25) is 0 Å². The highest BCUT2D eigenvalue weighted by Crippen LogP contribution is 2.29. The van der Waals surface area contributed by atoms with E-state index in [9.17, 15) is 14.9 Å². The first-order valence-electron chi connectivity index (χ1n) is 7.40. The van der Waals surface area contributed by atoms with Gasteiger partial charge in [0.15, 0.2) is 0 Å². The topological polar surface area (TPSA) is 115 Å². The fourth-order valence-electron chi connectivity index (χ4n) is 2.91. The smallest absolute Gasteiger partial charge is 0.293 e. The molecule has 4 N–H and O–H groups in total. The van der Waals surface area contributed by atoms with Crippen LogP contribution < -0.4 is 11.5 Å². The zero-order chi connectivity index (χ0) is 16.4. The second-order valence-corrected chi connectivity index (χ2v) is 5.99. The maximum atomic E-state index is 12.6. The number of hydrogen-bond donors (Lipinski definition) is 2. The summed E-state index contributed by atoms with van der Waals surface area (Å²) < 4.78 is 0. The Morgan fingerprint density at radius 3 is 2.50 bits per heavy atom. The van der Waals surface area contributed by atoms with Crippen molar-refractivity contribution in [3.8, 4) is 0 Å². The molecule has 1 aromatic carbocycles. The van der Waals surface area contributed by atoms with E-state index >= 15 is 0 Å². The number of nitrogens with two attached hydrogens (primary N) is 2. The highest BCUT2D eigenvalue weighted by Gasteiger charge is 2.28. The molecule has 7 heteroatoms. The van der Waals surface area contributed by atoms with E-state index in [1.54, 1.807) is 17.9 Å². The minimum absolute atomic E-state index is 0.0603. The number of benzene rings is 1. The van der Waals surface area contributed by atoms with Crippen LogP contribution in [0.5, 0.6) is 0 Å². The van der Waals surface area contributed by atoms with Crippen molar-refractivity contribution in [2.45, 2.75) is 32.7 Å². The first-order chi connectivity index (χ1) is 10.3. The molecule has 1 saturated heterocycles. The van der Waals surface area contributed by atoms with Gasteiger partial charge in [-0.25, -0.2) is 0 Å². The number of aryl methyl sites for hydroxylation is 1. The Morgan fingerprint density at radius 1 is 1.41 bits per heavy atom. The Kier molecular flexibility index (Phi) is 4.65. The van der Waals surface area contributed by atoms with Crippen molar-refractivity contribution in [3.05, 3.63) is 33.4 Å². The van der Waals surface area contributed by atoms with E-state index in [1.165, 1.54) is 6.07 Å². The maximum Gasteiger partial charge on any atom is 0.293 e. The van der Waals surface area contributed by atoms with E-state index in [2.05, 4.69) is 0 Å². The number of carbonyl (C=O) groups is 1. The van der Waals surface area contributed by atoms with Gasteiger partial charge in [-0.05, 0) is 44.2 Å². The van der Waals surface area contributed by atoms with Gasteiger partial charge in [0.25, 0.3) is 11.6 Å². The number of nitro groups is 1. The Morgan fingerprint density at radius 2 is 2.00 bits per heavy atom. The molecule has 1 aliphatic rings. The number of nitrogen functional groups attached to an aromatic ring is 1. The summed E-state index contributed by atoms with van der Waals surface area (Å²) in [6, 6.07) is 3.11. The van der Waals surface area contributed by atoms with Gasteiger partial charge in [0.05, 0.1) is 10.5 Å². The summed E-state index contributed by atoms with van der Waals surface area (Å²) in [5, 5.41) is 11.0. The van der Waals surface area contributed by atoms with Gasteiger partial charge in [-0.15, -0.1) is 0 Å². The Bertz CT molecular complexity index is 593. The molecule has 1 amide bonds. The van der Waals surface area contributed by atoms with Gasteiger partial charge in [-0.3, -0.25) is 14.9 Å². The number of nitrogens with zero attached hydrogens (tertiary/aromatic N) is 2. The lowest BCUT2D eigenvalue weighted by Gasteiger charge is -2.34. The standard InChI is InChI=1S/C15H22N4O3/c1-9-7-12(14(17)13(8-9)19(21)22)15(20)18-5-3-11(4-6-18)10(2)16/h7-8,10-11H,3-6,16-17H2,1-2H3. The molecular weight excluding hydrogens is 284 g/mol. The summed E-state index contributed by atoms with van der Waals surface area (Å²) in [7, 11) is 0. The molecule has 0 bridgehead atoms. The fraction of sp³-hybridized carbons (Fsp3) is 0.533. The number of rotatable bonds is 3. The molecule has 1 atom stereocenters. The van der Waals surface area contributed by atoms with Gasteiger partial charge in [0.1, 0.15) is 5.69 Å². The number of anilines is 1. The van der Waals surface area contributed by atoms with Crippen LogP contribution in [0.3, 0.4) is 0 Å². The molecule has 0 radical (unpaired) electrons. The number of carbonyl (C=O) groups excluding carboxylic acids is 1. The molecular formula is C15H22N4O3. The van der Waals surface area contributed by atoms with Gasteiger partial charge in [0, 0.05) is 25.2 Å². The van der Waals surface area contributed by atoms with E-state index in [4.69, 9.17) is 11.5 Å². The van der Waals surface area contributed by atoms with Crippen molar-refractivity contribution in [1.29, 1.82) is 0 Å². The fourth-order valence-corrected chi connectivity index (χ4v) is 2.91. The normalized spacial score (nSPS) is 17.3. The van der Waals surface area contributed by atoms with Gasteiger partial charge < -0.3 is 16.4 Å². The highest BCUT2D eigenvalue weighted by molar-refractivity contribution is 6.01. The molecule has 1 aromatic rings. The van der Waals surface area contributed by atoms with Crippen LogP contribution in [-0.2, 0) is 0 Å². The van der Waals surface area contributed by atoms with Gasteiger partial charge in [0.2, 0.25) is 0 Å². The lowest BCUT2D eigenvalue weighted by atomic mass is 9.90. The molecule has 1 heterocycles. The average molecular weight is 306 g/mol. The third kappa shape index (κ3) is 3.19. The van der Waals surface area contributed by atoms with Crippen LogP contribution in [0.25, 0.3) is 0 Å². The predicted octanol–water partition coefficient (Wildman–Crippen LogP) is 1.68. The summed E-state index contributed by atoms with van der Waals surface area (Å²) in [4.78, 5) is 24.8. The second-order valence-electron chi connectivity index (χ2n) is 5.99. The monoisotopic (exact) mass is 306 g/mol. The van der Waals surface area contributed by atoms with Crippen LogP contribution in [-0.4, -0.2) is 34.9 Å². The van der Waals surface area contributed by atoms with Gasteiger partial charge >= 0.3 is 0 Å². The molecule has 1 aliphatic heterocycles. The number of likely N-dealkylation sites (tertiary alicyclic amines) is 1. The number of hydrogen-bond acceptors (Lipinski definition) is 5. The van der Waals surface area contributed by atoms with Crippen LogP contribution in [0.15, 0.2) is 12.1 Å². The Balaban J connectivity index is 2.22.